The van der Waals surface area contributed by atoms with E-state index in [1.54, 1.807) is 12.1 Å². The Labute approximate surface area is 131 Å². The summed E-state index contributed by atoms with van der Waals surface area (Å²) >= 11 is 1.21. The lowest BCUT2D eigenvalue weighted by Gasteiger charge is -2.05. The topological polar surface area (TPSA) is 96.4 Å². The van der Waals surface area contributed by atoms with Gasteiger partial charge in [-0.05, 0) is 30.5 Å². The Morgan fingerprint density at radius 3 is 2.59 bits per heavy atom. The molecule has 0 radical (unpaired) electrons. The number of benzene rings is 1. The number of aromatic carboxylic acids is 1. The van der Waals surface area contributed by atoms with E-state index in [2.05, 4.69) is 9.71 Å². The van der Waals surface area contributed by atoms with E-state index in [1.807, 2.05) is 0 Å². The zero-order valence-electron chi connectivity index (χ0n) is 11.5. The summed E-state index contributed by atoms with van der Waals surface area (Å²) in [5.41, 5.74) is 0.864. The van der Waals surface area contributed by atoms with Crippen molar-refractivity contribution in [2.24, 2.45) is 0 Å². The van der Waals surface area contributed by atoms with Crippen LogP contribution in [0.15, 0.2) is 34.7 Å². The Balaban J connectivity index is 1.67. The minimum Gasteiger partial charge on any atom is -0.478 e. The fourth-order valence-corrected chi connectivity index (χ4v) is 4.31. The molecule has 1 aromatic carbocycles. The quantitative estimate of drug-likeness (QED) is 0.842. The van der Waals surface area contributed by atoms with Crippen LogP contribution < -0.4 is 4.72 Å². The van der Waals surface area contributed by atoms with Crippen molar-refractivity contribution in [2.75, 3.05) is 0 Å². The number of rotatable bonds is 6. The van der Waals surface area contributed by atoms with Crippen molar-refractivity contribution in [3.8, 4) is 0 Å². The first-order valence-corrected chi connectivity index (χ1v) is 9.03. The Bertz CT molecular complexity index is 793. The van der Waals surface area contributed by atoms with Crippen molar-refractivity contribution in [3.05, 3.63) is 46.6 Å². The molecule has 0 spiro atoms. The molecular weight excluding hydrogens is 324 g/mol. The minimum atomic E-state index is -3.58. The predicted molar refractivity (Wildman–Crippen MR) is 81.5 cm³/mol. The van der Waals surface area contributed by atoms with Crippen LogP contribution in [0.5, 0.6) is 0 Å². The van der Waals surface area contributed by atoms with Gasteiger partial charge in [-0.15, -0.1) is 11.3 Å². The van der Waals surface area contributed by atoms with Crippen LogP contribution in [0.3, 0.4) is 0 Å². The van der Waals surface area contributed by atoms with Gasteiger partial charge in [-0.3, -0.25) is 0 Å². The van der Waals surface area contributed by atoms with E-state index in [4.69, 9.17) is 5.11 Å². The maximum Gasteiger partial charge on any atom is 0.335 e. The number of nitrogens with zero attached hydrogens (tertiary/aromatic N) is 1. The van der Waals surface area contributed by atoms with Gasteiger partial charge in [0.2, 0.25) is 0 Å². The van der Waals surface area contributed by atoms with E-state index in [-0.39, 0.29) is 16.3 Å². The highest BCUT2D eigenvalue weighted by molar-refractivity contribution is 7.91. The SMILES string of the molecule is O=C(O)c1ccc(CNS(=O)(=O)c2cnc(C3CC3)s2)cc1. The average Bonchev–Trinajstić information content (AvgIpc) is 3.22. The van der Waals surface area contributed by atoms with Crippen LogP contribution in [0.4, 0.5) is 0 Å². The zero-order chi connectivity index (χ0) is 15.7. The van der Waals surface area contributed by atoms with Gasteiger partial charge in [-0.1, -0.05) is 12.1 Å². The Morgan fingerprint density at radius 2 is 2.00 bits per heavy atom. The number of carboxylic acid groups (broad SMARTS) is 1. The van der Waals surface area contributed by atoms with Crippen molar-refractivity contribution < 1.29 is 18.3 Å². The van der Waals surface area contributed by atoms with Crippen LogP contribution in [0.1, 0.15) is 39.7 Å². The fourth-order valence-electron chi connectivity index (χ4n) is 1.93. The molecule has 2 aromatic rings. The Hall–Kier alpha value is -1.77. The Kier molecular flexibility index (Phi) is 3.98. The predicted octanol–water partition coefficient (Wildman–Crippen LogP) is 2.20. The molecule has 1 heterocycles. The lowest BCUT2D eigenvalue weighted by atomic mass is 10.1. The summed E-state index contributed by atoms with van der Waals surface area (Å²) in [6, 6.07) is 6.08. The molecule has 2 N–H and O–H groups in total. The third-order valence-electron chi connectivity index (χ3n) is 3.36. The zero-order valence-corrected chi connectivity index (χ0v) is 13.2. The lowest BCUT2D eigenvalue weighted by Crippen LogP contribution is -2.22. The number of hydrogen-bond donors (Lipinski definition) is 2. The Morgan fingerprint density at radius 1 is 1.32 bits per heavy atom. The lowest BCUT2D eigenvalue weighted by molar-refractivity contribution is 0.0697. The molecule has 22 heavy (non-hydrogen) atoms. The summed E-state index contributed by atoms with van der Waals surface area (Å²) in [5.74, 6) is -0.582. The second-order valence-corrected chi connectivity index (χ2v) is 8.17. The molecule has 1 aromatic heterocycles. The van der Waals surface area contributed by atoms with Crippen LogP contribution in [-0.2, 0) is 16.6 Å². The molecule has 1 aliphatic carbocycles. The molecule has 1 aliphatic rings. The molecule has 116 valence electrons. The van der Waals surface area contributed by atoms with E-state index in [0.29, 0.717) is 11.5 Å². The molecule has 3 rings (SSSR count). The number of nitrogens with one attached hydrogen (secondary N) is 1. The van der Waals surface area contributed by atoms with Gasteiger partial charge in [-0.2, -0.15) is 0 Å². The second-order valence-electron chi connectivity index (χ2n) is 5.12. The molecule has 1 saturated carbocycles. The molecule has 0 amide bonds. The van der Waals surface area contributed by atoms with Gasteiger partial charge < -0.3 is 5.11 Å². The van der Waals surface area contributed by atoms with Crippen LogP contribution in [-0.4, -0.2) is 24.5 Å². The average molecular weight is 338 g/mol. The minimum absolute atomic E-state index is 0.110. The molecule has 6 nitrogen and oxygen atoms in total. The number of aromatic nitrogens is 1. The van der Waals surface area contributed by atoms with Gasteiger partial charge in [0.05, 0.1) is 16.8 Å². The smallest absolute Gasteiger partial charge is 0.335 e. The van der Waals surface area contributed by atoms with Crippen molar-refractivity contribution in [1.29, 1.82) is 0 Å². The van der Waals surface area contributed by atoms with Crippen molar-refractivity contribution in [3.63, 3.8) is 0 Å². The highest BCUT2D eigenvalue weighted by Crippen LogP contribution is 2.42. The highest BCUT2D eigenvalue weighted by Gasteiger charge is 2.28. The van der Waals surface area contributed by atoms with E-state index >= 15 is 0 Å². The molecule has 0 atom stereocenters. The largest absolute Gasteiger partial charge is 0.478 e. The molecule has 0 aliphatic heterocycles. The van der Waals surface area contributed by atoms with Gasteiger partial charge >= 0.3 is 5.97 Å². The summed E-state index contributed by atoms with van der Waals surface area (Å²) in [7, 11) is -3.58. The fraction of sp³-hybridized carbons (Fsp3) is 0.286. The first kappa shape index (κ1) is 15.1. The maximum atomic E-state index is 12.2. The summed E-state index contributed by atoms with van der Waals surface area (Å²) in [6.45, 7) is 0.110. The second kappa shape index (κ2) is 5.79. The van der Waals surface area contributed by atoms with Gasteiger partial charge in [0, 0.05) is 12.5 Å². The van der Waals surface area contributed by atoms with E-state index in [9.17, 15) is 13.2 Å². The number of carbonyl (C=O) groups is 1. The molecule has 1 fully saturated rings. The monoisotopic (exact) mass is 338 g/mol. The van der Waals surface area contributed by atoms with E-state index < -0.39 is 16.0 Å². The van der Waals surface area contributed by atoms with Crippen LogP contribution >= 0.6 is 11.3 Å². The number of carboxylic acids is 1. The molecule has 0 saturated heterocycles. The molecule has 0 bridgehead atoms. The molecule has 8 heteroatoms. The van der Waals surface area contributed by atoms with Gasteiger partial charge in [0.1, 0.15) is 0 Å². The van der Waals surface area contributed by atoms with Gasteiger partial charge in [0.15, 0.2) is 4.21 Å². The molecular formula is C14H14N2O4S2. The van der Waals surface area contributed by atoms with Gasteiger partial charge in [-0.25, -0.2) is 22.9 Å². The number of thiazole rings is 1. The maximum absolute atomic E-state index is 12.2. The van der Waals surface area contributed by atoms with Crippen LogP contribution in [0.2, 0.25) is 0 Å². The van der Waals surface area contributed by atoms with Crippen molar-refractivity contribution >= 4 is 27.3 Å². The number of hydrogen-bond acceptors (Lipinski definition) is 5. The van der Waals surface area contributed by atoms with Crippen molar-refractivity contribution in [1.82, 2.24) is 9.71 Å². The summed E-state index contributed by atoms with van der Waals surface area (Å²) in [4.78, 5) is 14.9. The van der Waals surface area contributed by atoms with E-state index in [0.717, 1.165) is 17.8 Å². The third kappa shape index (κ3) is 3.34. The van der Waals surface area contributed by atoms with Crippen LogP contribution in [0.25, 0.3) is 0 Å². The third-order valence-corrected chi connectivity index (χ3v) is 6.38. The molecule has 0 unspecified atom stereocenters. The summed E-state index contributed by atoms with van der Waals surface area (Å²) in [6.07, 6.45) is 3.56. The number of sulfonamides is 1. The highest BCUT2D eigenvalue weighted by atomic mass is 32.2. The standard InChI is InChI=1S/C14H14N2O4S2/c17-14(18)11-3-1-9(2-4-11)7-16-22(19,20)12-8-15-13(21-12)10-5-6-10/h1-4,8,10,16H,5-7H2,(H,17,18). The normalized spacial score (nSPS) is 14.9. The summed E-state index contributed by atoms with van der Waals surface area (Å²) in [5, 5.41) is 9.70. The van der Waals surface area contributed by atoms with Crippen LogP contribution in [0, 0.1) is 0 Å². The van der Waals surface area contributed by atoms with Gasteiger partial charge in [0.25, 0.3) is 10.0 Å². The van der Waals surface area contributed by atoms with E-state index in [1.165, 1.54) is 29.7 Å². The van der Waals surface area contributed by atoms with Crippen molar-refractivity contribution in [2.45, 2.75) is 29.5 Å². The summed E-state index contributed by atoms with van der Waals surface area (Å²) < 4.78 is 27.1. The first-order valence-electron chi connectivity index (χ1n) is 6.73. The first-order chi connectivity index (χ1) is 10.5.